The Hall–Kier alpha value is -0.830. The highest BCUT2D eigenvalue weighted by Crippen LogP contribution is 2.30. The van der Waals surface area contributed by atoms with Gasteiger partial charge in [-0.05, 0) is 31.7 Å². The molecule has 0 aromatic carbocycles. The first-order valence-corrected chi connectivity index (χ1v) is 6.93. The molecule has 0 radical (unpaired) electrons. The molecule has 0 bridgehead atoms. The van der Waals surface area contributed by atoms with E-state index in [1.54, 1.807) is 0 Å². The van der Waals surface area contributed by atoms with E-state index in [0.29, 0.717) is 5.92 Å². The van der Waals surface area contributed by atoms with Gasteiger partial charge in [0.15, 0.2) is 0 Å². The third-order valence-corrected chi connectivity index (χ3v) is 4.12. The molecule has 0 amide bonds. The van der Waals surface area contributed by atoms with Crippen molar-refractivity contribution in [3.05, 3.63) is 18.2 Å². The number of hydrogen-bond acceptors (Lipinski definition) is 2. The van der Waals surface area contributed by atoms with Gasteiger partial charge in [-0.2, -0.15) is 0 Å². The van der Waals surface area contributed by atoms with Gasteiger partial charge in [0.1, 0.15) is 5.82 Å². The molecule has 0 aliphatic carbocycles. The van der Waals surface area contributed by atoms with Gasteiger partial charge in [-0.25, -0.2) is 4.98 Å². The van der Waals surface area contributed by atoms with Crippen LogP contribution in [0.15, 0.2) is 12.4 Å². The van der Waals surface area contributed by atoms with Crippen LogP contribution in [0.5, 0.6) is 0 Å². The van der Waals surface area contributed by atoms with Crippen molar-refractivity contribution in [1.29, 1.82) is 0 Å². The van der Waals surface area contributed by atoms with Gasteiger partial charge in [-0.3, -0.25) is 0 Å². The molecule has 1 aliphatic rings. The fourth-order valence-corrected chi connectivity index (χ4v) is 2.91. The van der Waals surface area contributed by atoms with Gasteiger partial charge in [0.2, 0.25) is 0 Å². The van der Waals surface area contributed by atoms with E-state index in [2.05, 4.69) is 41.8 Å². The van der Waals surface area contributed by atoms with Crippen LogP contribution in [0.25, 0.3) is 0 Å². The second-order valence-electron chi connectivity index (χ2n) is 5.55. The molecule has 1 fully saturated rings. The highest BCUT2D eigenvalue weighted by molar-refractivity contribution is 5.05. The molecular weight excluding hydrogens is 210 g/mol. The van der Waals surface area contributed by atoms with Gasteiger partial charge in [0.05, 0.1) is 0 Å². The molecule has 1 atom stereocenters. The Bertz CT molecular complexity index is 348. The smallest absolute Gasteiger partial charge is 0.110 e. The molecule has 1 N–H and O–H groups in total. The van der Waals surface area contributed by atoms with Crippen LogP contribution in [-0.2, 0) is 13.0 Å². The maximum Gasteiger partial charge on any atom is 0.110 e. The van der Waals surface area contributed by atoms with Gasteiger partial charge >= 0.3 is 0 Å². The predicted molar refractivity (Wildman–Crippen MR) is 71.0 cm³/mol. The molecule has 1 aliphatic heterocycles. The lowest BCUT2D eigenvalue weighted by atomic mass is 9.82. The van der Waals surface area contributed by atoms with E-state index in [0.717, 1.165) is 19.5 Å². The molecule has 0 spiro atoms. The summed E-state index contributed by atoms with van der Waals surface area (Å²) in [5.41, 5.74) is 0.275. The zero-order chi connectivity index (χ0) is 12.3. The maximum atomic E-state index is 4.55. The fraction of sp³-hybridized carbons (Fsp3) is 0.786. The van der Waals surface area contributed by atoms with Crippen LogP contribution in [-0.4, -0.2) is 21.6 Å². The lowest BCUT2D eigenvalue weighted by molar-refractivity contribution is 0.261. The first-order chi connectivity index (χ1) is 8.18. The van der Waals surface area contributed by atoms with Crippen LogP contribution in [0.1, 0.15) is 45.9 Å². The minimum absolute atomic E-state index is 0.275. The van der Waals surface area contributed by atoms with Crippen LogP contribution in [0.3, 0.4) is 0 Å². The number of nitrogens with zero attached hydrogens (tertiary/aromatic N) is 2. The average molecular weight is 235 g/mol. The van der Waals surface area contributed by atoms with E-state index in [1.807, 2.05) is 6.20 Å². The van der Waals surface area contributed by atoms with Gasteiger partial charge in [0.25, 0.3) is 0 Å². The van der Waals surface area contributed by atoms with Crippen molar-refractivity contribution in [1.82, 2.24) is 14.9 Å². The van der Waals surface area contributed by atoms with Crippen LogP contribution >= 0.6 is 0 Å². The van der Waals surface area contributed by atoms with E-state index in [9.17, 15) is 0 Å². The van der Waals surface area contributed by atoms with Crippen molar-refractivity contribution in [3.8, 4) is 0 Å². The van der Waals surface area contributed by atoms with Crippen molar-refractivity contribution in [2.75, 3.05) is 6.54 Å². The Labute approximate surface area is 105 Å². The third kappa shape index (κ3) is 2.54. The number of aromatic nitrogens is 2. The number of imidazole rings is 1. The van der Waals surface area contributed by atoms with Crippen molar-refractivity contribution >= 4 is 0 Å². The molecule has 17 heavy (non-hydrogen) atoms. The molecule has 2 heterocycles. The highest BCUT2D eigenvalue weighted by atomic mass is 15.1. The number of hydrogen-bond donors (Lipinski definition) is 1. The van der Waals surface area contributed by atoms with Crippen LogP contribution in [0.2, 0.25) is 0 Å². The Balaban J connectivity index is 2.14. The summed E-state index contributed by atoms with van der Waals surface area (Å²) in [5.74, 6) is 1.91. The molecule has 1 saturated heterocycles. The molecule has 1 unspecified atom stereocenters. The lowest BCUT2D eigenvalue weighted by Crippen LogP contribution is -2.47. The fourth-order valence-electron chi connectivity index (χ4n) is 2.91. The third-order valence-electron chi connectivity index (χ3n) is 4.12. The zero-order valence-corrected chi connectivity index (χ0v) is 11.4. The maximum absolute atomic E-state index is 4.55. The van der Waals surface area contributed by atoms with Crippen molar-refractivity contribution in [3.63, 3.8) is 0 Å². The first-order valence-electron chi connectivity index (χ1n) is 6.93. The topological polar surface area (TPSA) is 29.9 Å². The molecule has 96 valence electrons. The van der Waals surface area contributed by atoms with Crippen molar-refractivity contribution in [2.24, 2.45) is 5.92 Å². The molecule has 0 saturated carbocycles. The Morgan fingerprint density at radius 1 is 1.53 bits per heavy atom. The predicted octanol–water partition coefficient (Wildman–Crippen LogP) is 2.61. The van der Waals surface area contributed by atoms with E-state index < -0.39 is 0 Å². The summed E-state index contributed by atoms with van der Waals surface area (Å²) in [6.07, 6.45) is 8.87. The number of rotatable bonds is 5. The normalized spacial score (nSPS) is 24.7. The summed E-state index contributed by atoms with van der Waals surface area (Å²) >= 11 is 0. The summed E-state index contributed by atoms with van der Waals surface area (Å²) in [7, 11) is 0. The molecule has 2 rings (SSSR count). The minimum atomic E-state index is 0.275. The quantitative estimate of drug-likeness (QED) is 0.850. The Kier molecular flexibility index (Phi) is 3.87. The molecule has 3 heteroatoms. The van der Waals surface area contributed by atoms with Crippen LogP contribution < -0.4 is 5.32 Å². The number of nitrogens with one attached hydrogen (secondary N) is 1. The van der Waals surface area contributed by atoms with E-state index in [4.69, 9.17) is 0 Å². The standard InChI is InChI=1S/C14H25N3/c1-4-9-17-10-8-15-13(17)11-14(12(2)3)6-5-7-16-14/h8,10,12,16H,4-7,9,11H2,1-3H3. The largest absolute Gasteiger partial charge is 0.335 e. The molecule has 3 nitrogen and oxygen atoms in total. The molecule has 1 aromatic rings. The van der Waals surface area contributed by atoms with Gasteiger partial charge in [-0.15, -0.1) is 0 Å². The summed E-state index contributed by atoms with van der Waals surface area (Å²) in [6, 6.07) is 0. The average Bonchev–Trinajstić information content (AvgIpc) is 2.91. The van der Waals surface area contributed by atoms with Gasteiger partial charge in [0, 0.05) is 30.9 Å². The molecule has 1 aromatic heterocycles. The SMILES string of the molecule is CCCn1ccnc1CC1(C(C)C)CCCN1. The minimum Gasteiger partial charge on any atom is -0.335 e. The van der Waals surface area contributed by atoms with Crippen LogP contribution in [0.4, 0.5) is 0 Å². The first kappa shape index (κ1) is 12.6. The molecular formula is C14H25N3. The second kappa shape index (κ2) is 5.21. The second-order valence-corrected chi connectivity index (χ2v) is 5.55. The van der Waals surface area contributed by atoms with Gasteiger partial charge < -0.3 is 9.88 Å². The summed E-state index contributed by atoms with van der Waals surface area (Å²) in [6.45, 7) is 9.11. The number of aryl methyl sites for hydroxylation is 1. The summed E-state index contributed by atoms with van der Waals surface area (Å²) < 4.78 is 2.31. The zero-order valence-electron chi connectivity index (χ0n) is 11.4. The monoisotopic (exact) mass is 235 g/mol. The van der Waals surface area contributed by atoms with Gasteiger partial charge in [-0.1, -0.05) is 20.8 Å². The lowest BCUT2D eigenvalue weighted by Gasteiger charge is -2.34. The van der Waals surface area contributed by atoms with Crippen molar-refractivity contribution in [2.45, 2.75) is 58.5 Å². The Morgan fingerprint density at radius 3 is 2.94 bits per heavy atom. The summed E-state index contributed by atoms with van der Waals surface area (Å²) in [5, 5.41) is 3.72. The summed E-state index contributed by atoms with van der Waals surface area (Å²) in [4.78, 5) is 4.55. The van der Waals surface area contributed by atoms with Crippen molar-refractivity contribution < 1.29 is 0 Å². The van der Waals surface area contributed by atoms with Crippen LogP contribution in [0, 0.1) is 5.92 Å². The Morgan fingerprint density at radius 2 is 2.35 bits per heavy atom. The highest BCUT2D eigenvalue weighted by Gasteiger charge is 2.37. The van der Waals surface area contributed by atoms with E-state index >= 15 is 0 Å². The van der Waals surface area contributed by atoms with E-state index in [1.165, 1.54) is 25.1 Å². The van der Waals surface area contributed by atoms with E-state index in [-0.39, 0.29) is 5.54 Å².